The molecule has 0 heterocycles. The van der Waals surface area contributed by atoms with E-state index in [-0.39, 0.29) is 5.82 Å². The minimum Gasteiger partial charge on any atom is -0.344 e. The molecule has 3 heteroatoms. The van der Waals surface area contributed by atoms with Crippen LogP contribution in [-0.4, -0.2) is 13.1 Å². The van der Waals surface area contributed by atoms with E-state index in [1.807, 2.05) is 30.1 Å². The molecule has 0 spiro atoms. The summed E-state index contributed by atoms with van der Waals surface area (Å²) >= 11 is 0. The SMILES string of the molecule is CN(c1cccc(F)c1)c1ccccc1CNC1CC1. The van der Waals surface area contributed by atoms with Crippen LogP contribution in [0.2, 0.25) is 0 Å². The Balaban J connectivity index is 1.84. The third-order valence-corrected chi connectivity index (χ3v) is 3.71. The van der Waals surface area contributed by atoms with E-state index in [0.29, 0.717) is 6.04 Å². The van der Waals surface area contributed by atoms with Gasteiger partial charge in [-0.05, 0) is 42.7 Å². The molecule has 3 rings (SSSR count). The second-order valence-electron chi connectivity index (χ2n) is 5.32. The molecule has 2 aromatic carbocycles. The van der Waals surface area contributed by atoms with Gasteiger partial charge in [-0.25, -0.2) is 4.39 Å². The number of anilines is 2. The van der Waals surface area contributed by atoms with E-state index in [2.05, 4.69) is 17.4 Å². The zero-order valence-electron chi connectivity index (χ0n) is 11.6. The van der Waals surface area contributed by atoms with Crippen molar-refractivity contribution < 1.29 is 4.39 Å². The molecule has 0 bridgehead atoms. The third kappa shape index (κ3) is 2.99. The number of halogens is 1. The van der Waals surface area contributed by atoms with Crippen LogP contribution < -0.4 is 10.2 Å². The fourth-order valence-electron chi connectivity index (χ4n) is 2.35. The first-order valence-electron chi connectivity index (χ1n) is 7.04. The summed E-state index contributed by atoms with van der Waals surface area (Å²) in [6.07, 6.45) is 2.56. The molecule has 1 N–H and O–H groups in total. The number of rotatable bonds is 5. The average Bonchev–Trinajstić information content (AvgIpc) is 3.29. The van der Waals surface area contributed by atoms with Gasteiger partial charge >= 0.3 is 0 Å². The van der Waals surface area contributed by atoms with E-state index in [1.54, 1.807) is 12.1 Å². The number of para-hydroxylation sites is 1. The molecule has 1 aliphatic carbocycles. The maximum absolute atomic E-state index is 13.4. The lowest BCUT2D eigenvalue weighted by Crippen LogP contribution is -2.19. The van der Waals surface area contributed by atoms with Crippen molar-refractivity contribution >= 4 is 11.4 Å². The zero-order valence-corrected chi connectivity index (χ0v) is 11.6. The zero-order chi connectivity index (χ0) is 13.9. The van der Waals surface area contributed by atoms with Crippen molar-refractivity contribution in [1.82, 2.24) is 5.32 Å². The van der Waals surface area contributed by atoms with Crippen LogP contribution in [0.15, 0.2) is 48.5 Å². The van der Waals surface area contributed by atoms with Gasteiger partial charge in [0.1, 0.15) is 5.82 Å². The molecular weight excluding hydrogens is 251 g/mol. The van der Waals surface area contributed by atoms with Crippen molar-refractivity contribution in [2.45, 2.75) is 25.4 Å². The molecule has 0 aliphatic heterocycles. The van der Waals surface area contributed by atoms with Gasteiger partial charge in [0.15, 0.2) is 0 Å². The minimum atomic E-state index is -0.206. The van der Waals surface area contributed by atoms with Crippen LogP contribution in [0.25, 0.3) is 0 Å². The van der Waals surface area contributed by atoms with Crippen LogP contribution in [0, 0.1) is 5.82 Å². The summed E-state index contributed by atoms with van der Waals surface area (Å²) < 4.78 is 13.4. The second kappa shape index (κ2) is 5.63. The van der Waals surface area contributed by atoms with Gasteiger partial charge in [-0.2, -0.15) is 0 Å². The standard InChI is InChI=1S/C17H19FN2/c1-20(16-7-4-6-14(18)11-16)17-8-3-2-5-13(17)12-19-15-9-10-15/h2-8,11,15,19H,9-10,12H2,1H3. The highest BCUT2D eigenvalue weighted by Crippen LogP contribution is 2.28. The van der Waals surface area contributed by atoms with Gasteiger partial charge in [0.25, 0.3) is 0 Å². The highest BCUT2D eigenvalue weighted by Gasteiger charge is 2.20. The molecule has 2 nitrogen and oxygen atoms in total. The van der Waals surface area contributed by atoms with Crippen LogP contribution in [0.1, 0.15) is 18.4 Å². The lowest BCUT2D eigenvalue weighted by Gasteiger charge is -2.23. The first kappa shape index (κ1) is 13.1. The Bertz CT molecular complexity index is 593. The third-order valence-electron chi connectivity index (χ3n) is 3.71. The van der Waals surface area contributed by atoms with Gasteiger partial charge in [0, 0.05) is 31.0 Å². The summed E-state index contributed by atoms with van der Waals surface area (Å²) in [6.45, 7) is 0.862. The molecule has 0 radical (unpaired) electrons. The molecule has 1 saturated carbocycles. The Morgan fingerprint density at radius 3 is 2.70 bits per heavy atom. The fourth-order valence-corrected chi connectivity index (χ4v) is 2.35. The lowest BCUT2D eigenvalue weighted by molar-refractivity contribution is 0.628. The number of benzene rings is 2. The quantitative estimate of drug-likeness (QED) is 0.888. The molecule has 0 atom stereocenters. The maximum atomic E-state index is 13.4. The highest BCUT2D eigenvalue weighted by molar-refractivity contribution is 5.65. The van der Waals surface area contributed by atoms with Crippen LogP contribution in [0.4, 0.5) is 15.8 Å². The van der Waals surface area contributed by atoms with E-state index in [4.69, 9.17) is 0 Å². The molecule has 1 aliphatic rings. The first-order valence-corrected chi connectivity index (χ1v) is 7.04. The van der Waals surface area contributed by atoms with Gasteiger partial charge in [-0.1, -0.05) is 24.3 Å². The van der Waals surface area contributed by atoms with Crippen LogP contribution in [0.3, 0.4) is 0 Å². The molecule has 1 fully saturated rings. The van der Waals surface area contributed by atoms with E-state index in [9.17, 15) is 4.39 Å². The molecule has 0 aromatic heterocycles. The summed E-state index contributed by atoms with van der Waals surface area (Å²) in [4.78, 5) is 2.03. The Morgan fingerprint density at radius 1 is 1.15 bits per heavy atom. The molecule has 104 valence electrons. The average molecular weight is 270 g/mol. The van der Waals surface area contributed by atoms with Gasteiger partial charge in [0.2, 0.25) is 0 Å². The topological polar surface area (TPSA) is 15.3 Å². The molecule has 0 amide bonds. The van der Waals surface area contributed by atoms with Crippen LogP contribution in [0.5, 0.6) is 0 Å². The monoisotopic (exact) mass is 270 g/mol. The molecule has 20 heavy (non-hydrogen) atoms. The van der Waals surface area contributed by atoms with Crippen molar-refractivity contribution in [3.63, 3.8) is 0 Å². The van der Waals surface area contributed by atoms with E-state index in [0.717, 1.165) is 17.9 Å². The Labute approximate surface area is 119 Å². The van der Waals surface area contributed by atoms with Crippen molar-refractivity contribution in [2.75, 3.05) is 11.9 Å². The van der Waals surface area contributed by atoms with Crippen LogP contribution >= 0.6 is 0 Å². The summed E-state index contributed by atoms with van der Waals surface area (Å²) in [5, 5.41) is 3.53. The predicted octanol–water partition coefficient (Wildman–Crippen LogP) is 3.85. The summed E-state index contributed by atoms with van der Waals surface area (Å²) in [6, 6.07) is 15.7. The lowest BCUT2D eigenvalue weighted by atomic mass is 10.1. The van der Waals surface area contributed by atoms with E-state index < -0.39 is 0 Å². The molecule has 0 saturated heterocycles. The van der Waals surface area contributed by atoms with Gasteiger partial charge in [-0.3, -0.25) is 0 Å². The smallest absolute Gasteiger partial charge is 0.125 e. The minimum absolute atomic E-state index is 0.206. The molecule has 0 unspecified atom stereocenters. The summed E-state index contributed by atoms with van der Waals surface area (Å²) in [5.74, 6) is -0.206. The highest BCUT2D eigenvalue weighted by atomic mass is 19.1. The number of nitrogens with zero attached hydrogens (tertiary/aromatic N) is 1. The van der Waals surface area contributed by atoms with Gasteiger partial charge in [-0.15, -0.1) is 0 Å². The van der Waals surface area contributed by atoms with Crippen molar-refractivity contribution in [3.05, 3.63) is 59.9 Å². The fraction of sp³-hybridized carbons (Fsp3) is 0.294. The Morgan fingerprint density at radius 2 is 1.95 bits per heavy atom. The van der Waals surface area contributed by atoms with Crippen LogP contribution in [-0.2, 0) is 6.54 Å². The summed E-state index contributed by atoms with van der Waals surface area (Å²) in [7, 11) is 1.98. The maximum Gasteiger partial charge on any atom is 0.125 e. The normalized spacial score (nSPS) is 14.3. The van der Waals surface area contributed by atoms with Crippen molar-refractivity contribution in [3.8, 4) is 0 Å². The number of hydrogen-bond acceptors (Lipinski definition) is 2. The number of hydrogen-bond donors (Lipinski definition) is 1. The Hall–Kier alpha value is -1.87. The molecular formula is C17H19FN2. The second-order valence-corrected chi connectivity index (χ2v) is 5.32. The van der Waals surface area contributed by atoms with Crippen molar-refractivity contribution in [1.29, 1.82) is 0 Å². The molecule has 2 aromatic rings. The van der Waals surface area contributed by atoms with Gasteiger partial charge in [0.05, 0.1) is 0 Å². The largest absolute Gasteiger partial charge is 0.344 e. The van der Waals surface area contributed by atoms with E-state index in [1.165, 1.54) is 24.5 Å². The first-order chi connectivity index (χ1) is 9.74. The van der Waals surface area contributed by atoms with Gasteiger partial charge < -0.3 is 10.2 Å². The van der Waals surface area contributed by atoms with E-state index >= 15 is 0 Å². The Kier molecular flexibility index (Phi) is 3.70. The van der Waals surface area contributed by atoms with Crippen molar-refractivity contribution in [2.24, 2.45) is 0 Å². The number of nitrogens with one attached hydrogen (secondary N) is 1. The predicted molar refractivity (Wildman–Crippen MR) is 80.8 cm³/mol. The summed E-state index contributed by atoms with van der Waals surface area (Å²) in [5.41, 5.74) is 3.22.